The number of likely N-dealkylation sites (tertiary alicyclic amines) is 1. The molecule has 8 nitrogen and oxygen atoms in total. The van der Waals surface area contributed by atoms with Crippen LogP contribution in [-0.4, -0.2) is 46.4 Å². The normalized spacial score (nSPS) is 17.2. The Balaban J connectivity index is 1.36. The fourth-order valence-electron chi connectivity index (χ4n) is 5.64. The highest BCUT2D eigenvalue weighted by Crippen LogP contribution is 2.39. The number of carbonyl (C=O) groups excluding carboxylic acids is 3. The highest BCUT2D eigenvalue weighted by molar-refractivity contribution is 6.43. The molecule has 2 aliphatic heterocycles. The van der Waals surface area contributed by atoms with Crippen molar-refractivity contribution in [3.05, 3.63) is 51.5 Å². The summed E-state index contributed by atoms with van der Waals surface area (Å²) in [4.78, 5) is 40.7. The summed E-state index contributed by atoms with van der Waals surface area (Å²) in [5.41, 5.74) is 1.28. The number of amidine groups is 1. The van der Waals surface area contributed by atoms with Gasteiger partial charge >= 0.3 is 0 Å². The zero-order valence-corrected chi connectivity index (χ0v) is 28.6. The second kappa shape index (κ2) is 17.4. The van der Waals surface area contributed by atoms with E-state index in [-0.39, 0.29) is 33.4 Å². The lowest BCUT2D eigenvalue weighted by Crippen LogP contribution is -2.49. The number of hydrazone groups is 1. The van der Waals surface area contributed by atoms with Crippen molar-refractivity contribution in [1.29, 1.82) is 0 Å². The molecule has 244 valence electrons. The van der Waals surface area contributed by atoms with Crippen molar-refractivity contribution in [3.8, 4) is 0 Å². The summed E-state index contributed by atoms with van der Waals surface area (Å²) in [6.07, 6.45) is 13.8. The lowest BCUT2D eigenvalue weighted by molar-refractivity contribution is -0.133. The standard InChI is InChI=1S/C33H41Cl4N5O3/c1-2-3-4-5-6-7-8-9-10-11-16-25(35)32(44)39-24-15-12-14-23(21-24)38-31-30(41-18-13-17-28(41)43)33(45)42(40-31)29-26(36)19-22(34)20-27(29)37/h12,14-15,19-21,25,30H,2-11,13,16-18H2,1H3,(H,38,40)(H,39,44). The number of nitrogens with one attached hydrogen (secondary N) is 2. The Hall–Kier alpha value is -2.52. The molecule has 12 heteroatoms. The van der Waals surface area contributed by atoms with Crippen LogP contribution in [0, 0.1) is 0 Å². The zero-order valence-electron chi connectivity index (χ0n) is 25.6. The van der Waals surface area contributed by atoms with Crippen molar-refractivity contribution in [2.45, 2.75) is 102 Å². The summed E-state index contributed by atoms with van der Waals surface area (Å²) in [6.45, 7) is 2.65. The maximum Gasteiger partial charge on any atom is 0.278 e. The van der Waals surface area contributed by atoms with Gasteiger partial charge in [-0.05, 0) is 43.2 Å². The van der Waals surface area contributed by atoms with E-state index in [1.54, 1.807) is 24.3 Å². The number of hydrogen-bond donors (Lipinski definition) is 2. The summed E-state index contributed by atoms with van der Waals surface area (Å²) >= 11 is 25.3. The monoisotopic (exact) mass is 695 g/mol. The highest BCUT2D eigenvalue weighted by Gasteiger charge is 2.45. The number of carbonyl (C=O) groups is 3. The second-order valence-corrected chi connectivity index (χ2v) is 13.4. The lowest BCUT2D eigenvalue weighted by Gasteiger charge is -2.24. The predicted molar refractivity (Wildman–Crippen MR) is 186 cm³/mol. The van der Waals surface area contributed by atoms with Crippen LogP contribution < -0.4 is 15.6 Å². The summed E-state index contributed by atoms with van der Waals surface area (Å²) in [5, 5.41) is 11.7. The van der Waals surface area contributed by atoms with Gasteiger partial charge in [-0.1, -0.05) is 112 Å². The third-order valence-electron chi connectivity index (χ3n) is 8.02. The Labute approximate surface area is 285 Å². The Morgan fingerprint density at radius 1 is 0.933 bits per heavy atom. The van der Waals surface area contributed by atoms with Crippen LogP contribution in [0.15, 0.2) is 41.5 Å². The average molecular weight is 698 g/mol. The van der Waals surface area contributed by atoms with E-state index < -0.39 is 17.3 Å². The molecule has 0 aliphatic carbocycles. The van der Waals surface area contributed by atoms with Gasteiger partial charge in [-0.15, -0.1) is 16.7 Å². The van der Waals surface area contributed by atoms with Gasteiger partial charge in [-0.2, -0.15) is 5.01 Å². The molecule has 2 aliphatic rings. The number of alkyl halides is 1. The van der Waals surface area contributed by atoms with Gasteiger partial charge in [0, 0.05) is 29.4 Å². The Bertz CT molecular complexity index is 1360. The van der Waals surface area contributed by atoms with Crippen molar-refractivity contribution in [2.75, 3.05) is 22.2 Å². The molecule has 45 heavy (non-hydrogen) atoms. The Morgan fingerprint density at radius 3 is 2.18 bits per heavy atom. The number of nitrogens with zero attached hydrogens (tertiary/aromatic N) is 3. The van der Waals surface area contributed by atoms with E-state index in [9.17, 15) is 14.4 Å². The first-order valence-corrected chi connectivity index (χ1v) is 17.4. The van der Waals surface area contributed by atoms with Gasteiger partial charge < -0.3 is 15.5 Å². The third kappa shape index (κ3) is 9.74. The molecular weight excluding hydrogens is 656 g/mol. The molecule has 2 atom stereocenters. The fraction of sp³-hybridized carbons (Fsp3) is 0.515. The first-order valence-electron chi connectivity index (χ1n) is 15.9. The largest absolute Gasteiger partial charge is 0.340 e. The molecule has 3 amide bonds. The maximum atomic E-state index is 13.7. The minimum Gasteiger partial charge on any atom is -0.340 e. The number of anilines is 3. The van der Waals surface area contributed by atoms with E-state index in [0.29, 0.717) is 42.2 Å². The summed E-state index contributed by atoms with van der Waals surface area (Å²) < 4.78 is 0. The number of halogens is 4. The number of rotatable bonds is 16. The van der Waals surface area contributed by atoms with E-state index >= 15 is 0 Å². The molecule has 2 unspecified atom stereocenters. The topological polar surface area (TPSA) is 94.1 Å². The second-order valence-electron chi connectivity index (χ2n) is 11.6. The highest BCUT2D eigenvalue weighted by atomic mass is 35.5. The van der Waals surface area contributed by atoms with E-state index in [0.717, 1.165) is 24.3 Å². The van der Waals surface area contributed by atoms with E-state index in [2.05, 4.69) is 22.7 Å². The molecule has 0 saturated carbocycles. The molecule has 2 aromatic carbocycles. The van der Waals surface area contributed by atoms with Gasteiger partial charge in [0.05, 0.1) is 10.0 Å². The van der Waals surface area contributed by atoms with Crippen molar-refractivity contribution >= 4 is 87.0 Å². The van der Waals surface area contributed by atoms with E-state index in [4.69, 9.17) is 46.4 Å². The molecule has 2 aromatic rings. The quantitative estimate of drug-likeness (QED) is 0.135. The molecule has 4 rings (SSSR count). The van der Waals surface area contributed by atoms with Crippen LogP contribution in [-0.2, 0) is 14.4 Å². The van der Waals surface area contributed by atoms with Gasteiger partial charge in [0.15, 0.2) is 11.9 Å². The van der Waals surface area contributed by atoms with Gasteiger partial charge in [0.25, 0.3) is 5.91 Å². The lowest BCUT2D eigenvalue weighted by atomic mass is 10.1. The molecule has 0 spiro atoms. The molecule has 0 bridgehead atoms. The number of unbranched alkanes of at least 4 members (excludes halogenated alkanes) is 9. The third-order valence-corrected chi connectivity index (χ3v) is 9.23. The van der Waals surface area contributed by atoms with Crippen LogP contribution in [0.5, 0.6) is 0 Å². The fourth-order valence-corrected chi connectivity index (χ4v) is 6.83. The summed E-state index contributed by atoms with van der Waals surface area (Å²) in [5.74, 6) is -0.649. The minimum atomic E-state index is -0.991. The number of hydrogen-bond acceptors (Lipinski definition) is 5. The van der Waals surface area contributed by atoms with Gasteiger partial charge in [0.2, 0.25) is 11.8 Å². The number of amides is 3. The molecule has 0 radical (unpaired) electrons. The van der Waals surface area contributed by atoms with Gasteiger partial charge in [-0.25, -0.2) is 0 Å². The van der Waals surface area contributed by atoms with Crippen molar-refractivity contribution in [2.24, 2.45) is 5.10 Å². The first kappa shape index (κ1) is 35.3. The summed E-state index contributed by atoms with van der Waals surface area (Å²) in [7, 11) is 0. The smallest absolute Gasteiger partial charge is 0.278 e. The van der Waals surface area contributed by atoms with Crippen LogP contribution >= 0.6 is 46.4 Å². The minimum absolute atomic E-state index is 0.144. The van der Waals surface area contributed by atoms with Crippen molar-refractivity contribution < 1.29 is 14.4 Å². The molecule has 0 aromatic heterocycles. The van der Waals surface area contributed by atoms with Gasteiger partial charge in [-0.3, -0.25) is 14.4 Å². The zero-order chi connectivity index (χ0) is 32.3. The van der Waals surface area contributed by atoms with E-state index in [1.165, 1.54) is 62.0 Å². The van der Waals surface area contributed by atoms with Gasteiger partial charge in [0.1, 0.15) is 11.1 Å². The van der Waals surface area contributed by atoms with Crippen LogP contribution in [0.25, 0.3) is 0 Å². The van der Waals surface area contributed by atoms with E-state index in [1.807, 2.05) is 0 Å². The number of benzene rings is 2. The molecule has 1 fully saturated rings. The molecular formula is C33H41Cl4N5O3. The van der Waals surface area contributed by atoms with Crippen molar-refractivity contribution in [1.82, 2.24) is 4.90 Å². The van der Waals surface area contributed by atoms with Crippen LogP contribution in [0.3, 0.4) is 0 Å². The Morgan fingerprint density at radius 2 is 1.56 bits per heavy atom. The van der Waals surface area contributed by atoms with Crippen LogP contribution in [0.2, 0.25) is 15.1 Å². The first-order chi connectivity index (χ1) is 21.7. The molecule has 1 saturated heterocycles. The Kier molecular flexibility index (Phi) is 13.7. The predicted octanol–water partition coefficient (Wildman–Crippen LogP) is 9.27. The van der Waals surface area contributed by atoms with Crippen molar-refractivity contribution in [3.63, 3.8) is 0 Å². The van der Waals surface area contributed by atoms with Crippen LogP contribution in [0.4, 0.5) is 17.1 Å². The maximum absolute atomic E-state index is 13.7. The SMILES string of the molecule is CCCCCCCCCCCCC(Cl)C(=O)Nc1cccc(NC2=NN(c3c(Cl)cc(Cl)cc3Cl)C(=O)C2N2CCCC2=O)c1. The van der Waals surface area contributed by atoms with Crippen LogP contribution in [0.1, 0.15) is 90.4 Å². The molecule has 2 heterocycles. The average Bonchev–Trinajstić information content (AvgIpc) is 3.55. The summed E-state index contributed by atoms with van der Waals surface area (Å²) in [6, 6.07) is 8.98. The molecule has 2 N–H and O–H groups in total.